The second-order valence-electron chi connectivity index (χ2n) is 4.25. The normalized spacial score (nSPS) is 12.2. The fourth-order valence-corrected chi connectivity index (χ4v) is 2.46. The van der Waals surface area contributed by atoms with Crippen molar-refractivity contribution in [3.63, 3.8) is 0 Å². The van der Waals surface area contributed by atoms with Crippen LogP contribution in [0.1, 0.15) is 18.5 Å². The van der Waals surface area contributed by atoms with E-state index in [0.717, 1.165) is 21.5 Å². The Bertz CT molecular complexity index is 574. The minimum atomic E-state index is 0.215. The highest BCUT2D eigenvalue weighted by molar-refractivity contribution is 9.10. The van der Waals surface area contributed by atoms with Crippen LogP contribution in [-0.4, -0.2) is 7.05 Å². The minimum Gasteiger partial charge on any atom is -0.457 e. The molecule has 0 amide bonds. The van der Waals surface area contributed by atoms with Gasteiger partial charge in [0.05, 0.1) is 0 Å². The van der Waals surface area contributed by atoms with Crippen molar-refractivity contribution >= 4 is 27.5 Å². The summed E-state index contributed by atoms with van der Waals surface area (Å²) in [7, 11) is 1.91. The van der Waals surface area contributed by atoms with Crippen molar-refractivity contribution in [2.24, 2.45) is 0 Å². The summed E-state index contributed by atoms with van der Waals surface area (Å²) in [6, 6.07) is 13.7. The van der Waals surface area contributed by atoms with Gasteiger partial charge in [-0.15, -0.1) is 0 Å². The van der Waals surface area contributed by atoms with E-state index >= 15 is 0 Å². The molecule has 1 N–H and O–H groups in total. The van der Waals surface area contributed by atoms with Gasteiger partial charge in [-0.3, -0.25) is 0 Å². The van der Waals surface area contributed by atoms with Crippen LogP contribution >= 0.6 is 27.5 Å². The SMILES string of the molecule is CNC(C)c1ccc(Oc2cccc(Br)c2)cc1Cl. The molecule has 0 saturated carbocycles. The molecule has 0 aliphatic carbocycles. The molecule has 0 radical (unpaired) electrons. The Morgan fingerprint density at radius 2 is 1.89 bits per heavy atom. The van der Waals surface area contributed by atoms with Crippen molar-refractivity contribution < 1.29 is 4.74 Å². The molecule has 2 rings (SSSR count). The lowest BCUT2D eigenvalue weighted by Gasteiger charge is -2.14. The first kappa shape index (κ1) is 14.4. The summed E-state index contributed by atoms with van der Waals surface area (Å²) in [6.45, 7) is 2.07. The van der Waals surface area contributed by atoms with E-state index in [0.29, 0.717) is 5.02 Å². The zero-order chi connectivity index (χ0) is 13.8. The maximum Gasteiger partial charge on any atom is 0.128 e. The topological polar surface area (TPSA) is 21.3 Å². The van der Waals surface area contributed by atoms with E-state index in [1.54, 1.807) is 0 Å². The van der Waals surface area contributed by atoms with Crippen LogP contribution in [0, 0.1) is 0 Å². The molecule has 0 aliphatic heterocycles. The quantitative estimate of drug-likeness (QED) is 0.828. The molecule has 0 aromatic heterocycles. The number of benzene rings is 2. The first-order valence-electron chi connectivity index (χ1n) is 6.00. The van der Waals surface area contributed by atoms with Crippen LogP contribution in [0.15, 0.2) is 46.9 Å². The molecule has 0 aliphatic rings. The van der Waals surface area contributed by atoms with Gasteiger partial charge in [0.25, 0.3) is 0 Å². The lowest BCUT2D eigenvalue weighted by Crippen LogP contribution is -2.12. The number of rotatable bonds is 4. The van der Waals surface area contributed by atoms with Crippen LogP contribution < -0.4 is 10.1 Å². The molecule has 0 spiro atoms. The third kappa shape index (κ3) is 3.72. The molecule has 1 atom stereocenters. The molecule has 100 valence electrons. The fraction of sp³-hybridized carbons (Fsp3) is 0.200. The first-order chi connectivity index (χ1) is 9.10. The van der Waals surface area contributed by atoms with Gasteiger partial charge in [-0.2, -0.15) is 0 Å². The van der Waals surface area contributed by atoms with Crippen molar-refractivity contribution in [1.82, 2.24) is 5.32 Å². The van der Waals surface area contributed by atoms with Gasteiger partial charge >= 0.3 is 0 Å². The second kappa shape index (κ2) is 6.42. The van der Waals surface area contributed by atoms with Crippen LogP contribution in [0.2, 0.25) is 5.02 Å². The van der Waals surface area contributed by atoms with Gasteiger partial charge in [0.2, 0.25) is 0 Å². The summed E-state index contributed by atoms with van der Waals surface area (Å²) >= 11 is 9.69. The maximum atomic E-state index is 6.27. The smallest absolute Gasteiger partial charge is 0.128 e. The molecule has 1 unspecified atom stereocenters. The van der Waals surface area contributed by atoms with E-state index in [4.69, 9.17) is 16.3 Å². The third-order valence-electron chi connectivity index (χ3n) is 2.90. The summed E-state index contributed by atoms with van der Waals surface area (Å²) in [4.78, 5) is 0. The van der Waals surface area contributed by atoms with Gasteiger partial charge in [0.15, 0.2) is 0 Å². The average Bonchev–Trinajstić information content (AvgIpc) is 2.38. The monoisotopic (exact) mass is 339 g/mol. The van der Waals surface area contributed by atoms with Crippen LogP contribution in [0.25, 0.3) is 0 Å². The number of halogens is 2. The second-order valence-corrected chi connectivity index (χ2v) is 5.58. The lowest BCUT2D eigenvalue weighted by atomic mass is 10.1. The standard InChI is InChI=1S/C15H15BrClNO/c1-10(18-2)14-7-6-13(9-15(14)17)19-12-5-3-4-11(16)8-12/h3-10,18H,1-2H3. The van der Waals surface area contributed by atoms with Gasteiger partial charge in [-0.05, 0) is 49.9 Å². The van der Waals surface area contributed by atoms with E-state index in [9.17, 15) is 0 Å². The van der Waals surface area contributed by atoms with Gasteiger partial charge in [0, 0.05) is 15.5 Å². The Hall–Kier alpha value is -1.03. The summed E-state index contributed by atoms with van der Waals surface area (Å²) < 4.78 is 6.76. The largest absolute Gasteiger partial charge is 0.457 e. The molecule has 2 nitrogen and oxygen atoms in total. The van der Waals surface area contributed by atoms with E-state index in [1.165, 1.54) is 0 Å². The van der Waals surface area contributed by atoms with Crippen LogP contribution in [-0.2, 0) is 0 Å². The molecule has 0 bridgehead atoms. The van der Waals surface area contributed by atoms with Gasteiger partial charge < -0.3 is 10.1 Å². The van der Waals surface area contributed by atoms with E-state index in [-0.39, 0.29) is 6.04 Å². The third-order valence-corrected chi connectivity index (χ3v) is 3.72. The van der Waals surface area contributed by atoms with Crippen molar-refractivity contribution in [2.45, 2.75) is 13.0 Å². The Balaban J connectivity index is 2.21. The van der Waals surface area contributed by atoms with Crippen LogP contribution in [0.4, 0.5) is 0 Å². The van der Waals surface area contributed by atoms with Crippen LogP contribution in [0.5, 0.6) is 11.5 Å². The number of hydrogen-bond donors (Lipinski definition) is 1. The number of nitrogens with one attached hydrogen (secondary N) is 1. The molecule has 4 heteroatoms. The Kier molecular flexibility index (Phi) is 4.86. The predicted molar refractivity (Wildman–Crippen MR) is 83.1 cm³/mol. The van der Waals surface area contributed by atoms with E-state index < -0.39 is 0 Å². The predicted octanol–water partition coefficient (Wildman–Crippen LogP) is 5.18. The van der Waals surface area contributed by atoms with Gasteiger partial charge in [0.1, 0.15) is 11.5 Å². The van der Waals surface area contributed by atoms with Crippen molar-refractivity contribution in [3.8, 4) is 11.5 Å². The molecule has 19 heavy (non-hydrogen) atoms. The number of hydrogen-bond acceptors (Lipinski definition) is 2. The van der Waals surface area contributed by atoms with Crippen molar-refractivity contribution in [3.05, 3.63) is 57.5 Å². The molecule has 2 aromatic carbocycles. The molecule has 0 fully saturated rings. The number of ether oxygens (including phenoxy) is 1. The van der Waals surface area contributed by atoms with Gasteiger partial charge in [-0.1, -0.05) is 39.7 Å². The van der Waals surface area contributed by atoms with Crippen molar-refractivity contribution in [1.29, 1.82) is 0 Å². The highest BCUT2D eigenvalue weighted by atomic mass is 79.9. The molecule has 0 saturated heterocycles. The molecular formula is C15H15BrClNO. The highest BCUT2D eigenvalue weighted by Gasteiger charge is 2.09. The van der Waals surface area contributed by atoms with E-state index in [1.807, 2.05) is 49.5 Å². The Morgan fingerprint density at radius 3 is 2.53 bits per heavy atom. The molecular weight excluding hydrogens is 326 g/mol. The first-order valence-corrected chi connectivity index (χ1v) is 7.17. The fourth-order valence-electron chi connectivity index (χ4n) is 1.74. The highest BCUT2D eigenvalue weighted by Crippen LogP contribution is 2.30. The zero-order valence-corrected chi connectivity index (χ0v) is 13.1. The molecule has 0 heterocycles. The summed E-state index contributed by atoms with van der Waals surface area (Å²) in [5.41, 5.74) is 1.06. The summed E-state index contributed by atoms with van der Waals surface area (Å²) in [5.74, 6) is 1.51. The van der Waals surface area contributed by atoms with Gasteiger partial charge in [-0.25, -0.2) is 0 Å². The Labute approximate surface area is 126 Å². The van der Waals surface area contributed by atoms with E-state index in [2.05, 4.69) is 28.2 Å². The summed E-state index contributed by atoms with van der Waals surface area (Å²) in [6.07, 6.45) is 0. The molecule has 2 aromatic rings. The van der Waals surface area contributed by atoms with Crippen LogP contribution in [0.3, 0.4) is 0 Å². The average molecular weight is 341 g/mol. The zero-order valence-electron chi connectivity index (χ0n) is 10.8. The maximum absolute atomic E-state index is 6.27. The van der Waals surface area contributed by atoms with Crippen molar-refractivity contribution in [2.75, 3.05) is 7.05 Å². The minimum absolute atomic E-state index is 0.215. The summed E-state index contributed by atoms with van der Waals surface area (Å²) in [5, 5.41) is 3.87. The Morgan fingerprint density at radius 1 is 1.16 bits per heavy atom. The lowest BCUT2D eigenvalue weighted by molar-refractivity contribution is 0.482.